The lowest BCUT2D eigenvalue weighted by Gasteiger charge is -2.16. The molecule has 0 saturated carbocycles. The molecule has 1 atom stereocenters. The second-order valence-electron chi connectivity index (χ2n) is 4.67. The van der Waals surface area contributed by atoms with Gasteiger partial charge < -0.3 is 14.5 Å². The molecule has 1 N–H and O–H groups in total. The lowest BCUT2D eigenvalue weighted by atomic mass is 9.99. The van der Waals surface area contributed by atoms with Crippen molar-refractivity contribution in [1.82, 2.24) is 5.32 Å². The van der Waals surface area contributed by atoms with Crippen molar-refractivity contribution in [3.63, 3.8) is 0 Å². The molecule has 0 aliphatic carbocycles. The minimum absolute atomic E-state index is 0.0399. The number of furan rings is 1. The minimum Gasteiger partial charge on any atom is -0.469 e. The van der Waals surface area contributed by atoms with E-state index in [1.54, 1.807) is 18.4 Å². The lowest BCUT2D eigenvalue weighted by molar-refractivity contribution is -0.274. The van der Waals surface area contributed by atoms with Crippen molar-refractivity contribution in [1.29, 1.82) is 0 Å². The van der Waals surface area contributed by atoms with Gasteiger partial charge in [0.2, 0.25) is 0 Å². The van der Waals surface area contributed by atoms with E-state index in [9.17, 15) is 13.2 Å². The molecule has 2 rings (SSSR count). The van der Waals surface area contributed by atoms with E-state index in [-0.39, 0.29) is 11.8 Å². The second kappa shape index (κ2) is 6.22. The molecule has 0 saturated heterocycles. The number of alkyl halides is 3. The normalized spacial score (nSPS) is 13.2. The van der Waals surface area contributed by atoms with Crippen molar-refractivity contribution in [3.05, 3.63) is 53.5 Å². The van der Waals surface area contributed by atoms with Crippen LogP contribution in [0.2, 0.25) is 0 Å². The summed E-state index contributed by atoms with van der Waals surface area (Å²) in [5.74, 6) is 0.609. The van der Waals surface area contributed by atoms with Gasteiger partial charge in [0, 0.05) is 11.6 Å². The minimum atomic E-state index is -4.66. The molecule has 0 aliphatic rings. The Labute approximate surface area is 120 Å². The predicted octanol–water partition coefficient (Wildman–Crippen LogP) is 3.99. The number of hydrogen-bond donors (Lipinski definition) is 1. The van der Waals surface area contributed by atoms with Crippen molar-refractivity contribution < 1.29 is 22.3 Å². The summed E-state index contributed by atoms with van der Waals surface area (Å²) in [5.41, 5.74) is 1.94. The number of likely N-dealkylation sites (N-methyl/N-ethyl adjacent to an activating group) is 1. The molecule has 1 heterocycles. The van der Waals surface area contributed by atoms with Gasteiger partial charge in [0.1, 0.15) is 11.5 Å². The molecule has 0 bridgehead atoms. The van der Waals surface area contributed by atoms with Crippen LogP contribution in [-0.4, -0.2) is 13.4 Å². The van der Waals surface area contributed by atoms with Crippen molar-refractivity contribution in [2.24, 2.45) is 0 Å². The predicted molar refractivity (Wildman–Crippen MR) is 72.1 cm³/mol. The fourth-order valence-electron chi connectivity index (χ4n) is 2.19. The number of rotatable bonds is 5. The zero-order valence-corrected chi connectivity index (χ0v) is 11.7. The second-order valence-corrected chi connectivity index (χ2v) is 4.67. The Morgan fingerprint density at radius 3 is 2.33 bits per heavy atom. The Kier molecular flexibility index (Phi) is 4.57. The SMILES string of the molecule is CNC(Cc1ccc(OC(F)(F)F)cc1)c1ccoc1C. The van der Waals surface area contributed by atoms with Crippen LogP contribution in [0.4, 0.5) is 13.2 Å². The number of ether oxygens (including phenoxy) is 1. The molecule has 0 amide bonds. The number of nitrogens with one attached hydrogen (secondary N) is 1. The van der Waals surface area contributed by atoms with Crippen molar-refractivity contribution in [2.75, 3.05) is 7.05 Å². The maximum atomic E-state index is 12.1. The third kappa shape index (κ3) is 4.26. The first-order valence-corrected chi connectivity index (χ1v) is 6.45. The van der Waals surface area contributed by atoms with Crippen molar-refractivity contribution >= 4 is 0 Å². The van der Waals surface area contributed by atoms with Crippen LogP contribution in [0.1, 0.15) is 22.9 Å². The summed E-state index contributed by atoms with van der Waals surface area (Å²) in [5, 5.41) is 3.18. The zero-order chi connectivity index (χ0) is 15.5. The van der Waals surface area contributed by atoms with Gasteiger partial charge in [-0.05, 0) is 44.2 Å². The van der Waals surface area contributed by atoms with E-state index in [0.29, 0.717) is 6.42 Å². The van der Waals surface area contributed by atoms with Crippen LogP contribution >= 0.6 is 0 Å². The monoisotopic (exact) mass is 299 g/mol. The van der Waals surface area contributed by atoms with E-state index in [4.69, 9.17) is 4.42 Å². The highest BCUT2D eigenvalue weighted by molar-refractivity contribution is 5.30. The van der Waals surface area contributed by atoms with Crippen LogP contribution in [0.3, 0.4) is 0 Å². The molecule has 2 aromatic rings. The molecular weight excluding hydrogens is 283 g/mol. The first-order chi connectivity index (χ1) is 9.89. The fraction of sp³-hybridized carbons (Fsp3) is 0.333. The van der Waals surface area contributed by atoms with E-state index in [1.807, 2.05) is 20.0 Å². The first kappa shape index (κ1) is 15.4. The maximum absolute atomic E-state index is 12.1. The molecular formula is C15H16F3NO2. The van der Waals surface area contributed by atoms with Gasteiger partial charge in [-0.2, -0.15) is 0 Å². The van der Waals surface area contributed by atoms with E-state index >= 15 is 0 Å². The number of halogens is 3. The molecule has 0 spiro atoms. The standard InChI is InChI=1S/C15H16F3NO2/c1-10-13(7-8-20-10)14(19-2)9-11-3-5-12(6-4-11)21-15(16,17)18/h3-8,14,19H,9H2,1-2H3. The van der Waals surface area contributed by atoms with Gasteiger partial charge >= 0.3 is 6.36 Å². The summed E-state index contributed by atoms with van der Waals surface area (Å²) in [6, 6.07) is 7.81. The summed E-state index contributed by atoms with van der Waals surface area (Å²) in [6.07, 6.45) is -2.40. The van der Waals surface area contributed by atoms with E-state index < -0.39 is 6.36 Å². The highest BCUT2D eigenvalue weighted by atomic mass is 19.4. The third-order valence-corrected chi connectivity index (χ3v) is 3.22. The van der Waals surface area contributed by atoms with Crippen LogP contribution in [-0.2, 0) is 6.42 Å². The third-order valence-electron chi connectivity index (χ3n) is 3.22. The van der Waals surface area contributed by atoms with Gasteiger partial charge in [-0.15, -0.1) is 13.2 Å². The van der Waals surface area contributed by atoms with Crippen molar-refractivity contribution in [2.45, 2.75) is 25.7 Å². The van der Waals surface area contributed by atoms with E-state index in [0.717, 1.165) is 16.9 Å². The topological polar surface area (TPSA) is 34.4 Å². The van der Waals surface area contributed by atoms with E-state index in [1.165, 1.54) is 12.1 Å². The summed E-state index contributed by atoms with van der Waals surface area (Å²) in [6.45, 7) is 1.87. The fourth-order valence-corrected chi connectivity index (χ4v) is 2.19. The average molecular weight is 299 g/mol. The highest BCUT2D eigenvalue weighted by Gasteiger charge is 2.31. The summed E-state index contributed by atoms with van der Waals surface area (Å²) >= 11 is 0. The molecule has 1 aromatic heterocycles. The zero-order valence-electron chi connectivity index (χ0n) is 11.7. The smallest absolute Gasteiger partial charge is 0.469 e. The Morgan fingerprint density at radius 1 is 1.19 bits per heavy atom. The van der Waals surface area contributed by atoms with Crippen LogP contribution in [0.15, 0.2) is 41.0 Å². The van der Waals surface area contributed by atoms with Gasteiger partial charge in [-0.3, -0.25) is 0 Å². The van der Waals surface area contributed by atoms with Crippen LogP contribution in [0.25, 0.3) is 0 Å². The molecule has 1 unspecified atom stereocenters. The Hall–Kier alpha value is -1.95. The molecule has 0 aliphatic heterocycles. The summed E-state index contributed by atoms with van der Waals surface area (Å²) in [4.78, 5) is 0. The molecule has 0 fully saturated rings. The van der Waals surface area contributed by atoms with Gasteiger partial charge in [-0.25, -0.2) is 0 Å². The van der Waals surface area contributed by atoms with Crippen molar-refractivity contribution in [3.8, 4) is 5.75 Å². The Balaban J connectivity index is 2.07. The molecule has 1 aromatic carbocycles. The quantitative estimate of drug-likeness (QED) is 0.906. The largest absolute Gasteiger partial charge is 0.573 e. The van der Waals surface area contributed by atoms with Gasteiger partial charge in [-0.1, -0.05) is 12.1 Å². The molecule has 6 heteroatoms. The first-order valence-electron chi connectivity index (χ1n) is 6.45. The molecule has 0 radical (unpaired) electrons. The Morgan fingerprint density at radius 2 is 1.86 bits per heavy atom. The lowest BCUT2D eigenvalue weighted by Crippen LogP contribution is -2.19. The van der Waals surface area contributed by atoms with Gasteiger partial charge in [0.25, 0.3) is 0 Å². The van der Waals surface area contributed by atoms with Crippen LogP contribution < -0.4 is 10.1 Å². The van der Waals surface area contributed by atoms with Crippen LogP contribution in [0.5, 0.6) is 5.75 Å². The number of benzene rings is 1. The number of hydrogen-bond acceptors (Lipinski definition) is 3. The maximum Gasteiger partial charge on any atom is 0.573 e. The highest BCUT2D eigenvalue weighted by Crippen LogP contribution is 2.25. The molecule has 3 nitrogen and oxygen atoms in total. The van der Waals surface area contributed by atoms with E-state index in [2.05, 4.69) is 10.1 Å². The Bertz CT molecular complexity index is 575. The summed E-state index contributed by atoms with van der Waals surface area (Å²) < 4.78 is 45.4. The summed E-state index contributed by atoms with van der Waals surface area (Å²) in [7, 11) is 1.83. The molecule has 21 heavy (non-hydrogen) atoms. The van der Waals surface area contributed by atoms with Gasteiger partial charge in [0.05, 0.1) is 6.26 Å². The van der Waals surface area contributed by atoms with Crippen LogP contribution in [0, 0.1) is 6.92 Å². The van der Waals surface area contributed by atoms with Gasteiger partial charge in [0.15, 0.2) is 0 Å². The molecule has 114 valence electrons. The number of aryl methyl sites for hydroxylation is 1. The average Bonchev–Trinajstić information content (AvgIpc) is 2.82.